The van der Waals surface area contributed by atoms with Crippen LogP contribution in [0.15, 0.2) is 79.0 Å². The van der Waals surface area contributed by atoms with Crippen molar-refractivity contribution in [2.45, 2.75) is 33.1 Å². The van der Waals surface area contributed by atoms with Gasteiger partial charge in [-0.15, -0.1) is 22.7 Å². The van der Waals surface area contributed by atoms with Crippen molar-refractivity contribution >= 4 is 53.6 Å². The second kappa shape index (κ2) is 7.51. The van der Waals surface area contributed by atoms with E-state index in [0.717, 1.165) is 5.69 Å². The van der Waals surface area contributed by atoms with Crippen LogP contribution in [0.3, 0.4) is 0 Å². The highest BCUT2D eigenvalue weighted by Crippen LogP contribution is 2.41. The first-order valence-electron chi connectivity index (χ1n) is 11.3. The molecule has 1 nitrogen and oxygen atoms in total. The number of benzene rings is 3. The van der Waals surface area contributed by atoms with Gasteiger partial charge < -0.3 is 0 Å². The van der Waals surface area contributed by atoms with E-state index in [2.05, 4.69) is 100 Å². The molecule has 0 saturated carbocycles. The quantitative estimate of drug-likeness (QED) is 0.249. The molecule has 6 aromatic rings. The van der Waals surface area contributed by atoms with Gasteiger partial charge in [0.05, 0.1) is 10.4 Å². The molecule has 0 N–H and O–H groups in total. The molecule has 162 valence electrons. The van der Waals surface area contributed by atoms with Crippen LogP contribution in [-0.4, -0.2) is 4.98 Å². The summed E-state index contributed by atoms with van der Waals surface area (Å²) in [4.78, 5) is 7.53. The summed E-state index contributed by atoms with van der Waals surface area (Å²) in [6, 6.07) is 26.9. The molecule has 0 amide bonds. The number of hydrogen-bond donors (Lipinski definition) is 0. The molecule has 0 fully saturated rings. The van der Waals surface area contributed by atoms with E-state index in [1.54, 1.807) is 0 Å². The van der Waals surface area contributed by atoms with Crippen LogP contribution < -0.4 is 0 Å². The average Bonchev–Trinajstić information content (AvgIpc) is 3.39. The minimum atomic E-state index is 0.0539. The van der Waals surface area contributed by atoms with Crippen LogP contribution in [-0.2, 0) is 5.41 Å². The predicted octanol–water partition coefficient (Wildman–Crippen LogP) is 9.60. The van der Waals surface area contributed by atoms with Crippen LogP contribution in [0.1, 0.15) is 31.2 Å². The van der Waals surface area contributed by atoms with Gasteiger partial charge in [0.1, 0.15) is 0 Å². The van der Waals surface area contributed by atoms with Crippen LogP contribution in [0.5, 0.6) is 0 Å². The normalized spacial score (nSPS) is 12.2. The van der Waals surface area contributed by atoms with E-state index in [1.165, 1.54) is 57.4 Å². The first-order valence-corrected chi connectivity index (χ1v) is 12.9. The van der Waals surface area contributed by atoms with Crippen molar-refractivity contribution in [2.75, 3.05) is 0 Å². The Kier molecular flexibility index (Phi) is 4.69. The minimum absolute atomic E-state index is 0.0539. The average molecular weight is 464 g/mol. The summed E-state index contributed by atoms with van der Waals surface area (Å²) in [6.45, 7) is 9.05. The van der Waals surface area contributed by atoms with Crippen molar-refractivity contribution in [2.24, 2.45) is 0 Å². The molecule has 0 radical (unpaired) electrons. The van der Waals surface area contributed by atoms with Crippen LogP contribution in [0.2, 0.25) is 0 Å². The number of rotatable bonds is 2. The van der Waals surface area contributed by atoms with Gasteiger partial charge in [-0.3, -0.25) is 4.98 Å². The fourth-order valence-electron chi connectivity index (χ4n) is 4.70. The molecular weight excluding hydrogens is 438 g/mol. The molecule has 33 heavy (non-hydrogen) atoms. The number of aromatic nitrogens is 1. The SMILES string of the molecule is Cc1cc2ccc(-c3cc4ccnc(-c5cc(C(C)(C)C)c6ccccc6c5)c4s3)cc2s1. The summed E-state index contributed by atoms with van der Waals surface area (Å²) in [7, 11) is 0. The van der Waals surface area contributed by atoms with Gasteiger partial charge in [0, 0.05) is 26.2 Å². The molecule has 6 rings (SSSR count). The Bertz CT molecular complexity index is 1660. The lowest BCUT2D eigenvalue weighted by Crippen LogP contribution is -2.12. The van der Waals surface area contributed by atoms with Gasteiger partial charge in [0.2, 0.25) is 0 Å². The van der Waals surface area contributed by atoms with Gasteiger partial charge in [-0.05, 0) is 81.4 Å². The van der Waals surface area contributed by atoms with Crippen molar-refractivity contribution in [1.29, 1.82) is 0 Å². The minimum Gasteiger partial charge on any atom is -0.255 e. The summed E-state index contributed by atoms with van der Waals surface area (Å²) in [5, 5.41) is 5.19. The molecule has 0 aliphatic heterocycles. The topological polar surface area (TPSA) is 12.9 Å². The number of thiophene rings is 2. The highest BCUT2D eigenvalue weighted by atomic mass is 32.1. The molecule has 3 aromatic heterocycles. The third-order valence-corrected chi connectivity index (χ3v) is 8.52. The highest BCUT2D eigenvalue weighted by molar-refractivity contribution is 7.23. The number of fused-ring (bicyclic) bond motifs is 3. The molecule has 3 aromatic carbocycles. The lowest BCUT2D eigenvalue weighted by atomic mass is 9.82. The van der Waals surface area contributed by atoms with E-state index < -0.39 is 0 Å². The van der Waals surface area contributed by atoms with Crippen LogP contribution in [0.25, 0.3) is 52.6 Å². The van der Waals surface area contributed by atoms with Gasteiger partial charge >= 0.3 is 0 Å². The zero-order chi connectivity index (χ0) is 22.7. The van der Waals surface area contributed by atoms with E-state index in [9.17, 15) is 0 Å². The van der Waals surface area contributed by atoms with Crippen molar-refractivity contribution < 1.29 is 0 Å². The van der Waals surface area contributed by atoms with Crippen molar-refractivity contribution in [3.63, 3.8) is 0 Å². The molecule has 0 spiro atoms. The van der Waals surface area contributed by atoms with Crippen LogP contribution in [0.4, 0.5) is 0 Å². The van der Waals surface area contributed by atoms with Crippen molar-refractivity contribution in [1.82, 2.24) is 4.98 Å². The zero-order valence-electron chi connectivity index (χ0n) is 19.3. The number of pyridine rings is 1. The lowest BCUT2D eigenvalue weighted by Gasteiger charge is -2.22. The fourth-order valence-corrected chi connectivity index (χ4v) is 6.82. The maximum absolute atomic E-state index is 4.88. The summed E-state index contributed by atoms with van der Waals surface area (Å²) in [6.07, 6.45) is 1.95. The third kappa shape index (κ3) is 3.56. The number of hydrogen-bond acceptors (Lipinski definition) is 3. The Balaban J connectivity index is 1.55. The standard InChI is InChI=1S/C30H25NS2/c1-18-13-20-9-10-21(16-26(20)32-18)27-17-22-11-12-31-28(29(22)33-27)23-14-19-7-5-6-8-24(19)25(15-23)30(2,3)4/h5-17H,1-4H3. The van der Waals surface area contributed by atoms with Gasteiger partial charge in [0.25, 0.3) is 0 Å². The first kappa shape index (κ1) is 20.6. The Morgan fingerprint density at radius 1 is 0.727 bits per heavy atom. The maximum atomic E-state index is 4.88. The second-order valence-corrected chi connectivity index (χ2v) is 12.1. The van der Waals surface area contributed by atoms with E-state index in [4.69, 9.17) is 4.98 Å². The Hall–Kier alpha value is -3.01. The van der Waals surface area contributed by atoms with Crippen LogP contribution in [0, 0.1) is 6.92 Å². The third-order valence-electron chi connectivity index (χ3n) is 6.30. The zero-order valence-corrected chi connectivity index (χ0v) is 20.9. The highest BCUT2D eigenvalue weighted by Gasteiger charge is 2.20. The summed E-state index contributed by atoms with van der Waals surface area (Å²) in [5.74, 6) is 0. The lowest BCUT2D eigenvalue weighted by molar-refractivity contribution is 0.596. The monoisotopic (exact) mass is 463 g/mol. The van der Waals surface area contributed by atoms with Crippen molar-refractivity contribution in [3.8, 4) is 21.7 Å². The predicted molar refractivity (Wildman–Crippen MR) is 147 cm³/mol. The smallest absolute Gasteiger partial charge is 0.0880 e. The molecule has 0 unspecified atom stereocenters. The van der Waals surface area contributed by atoms with Gasteiger partial charge in [-0.1, -0.05) is 57.2 Å². The van der Waals surface area contributed by atoms with E-state index in [1.807, 2.05) is 28.9 Å². The number of aryl methyl sites for hydroxylation is 1. The van der Waals surface area contributed by atoms with Gasteiger partial charge in [-0.2, -0.15) is 0 Å². The van der Waals surface area contributed by atoms with E-state index in [0.29, 0.717) is 0 Å². The Labute approximate surface area is 202 Å². The molecule has 0 aliphatic carbocycles. The van der Waals surface area contributed by atoms with Crippen LogP contribution >= 0.6 is 22.7 Å². The number of nitrogens with zero attached hydrogens (tertiary/aromatic N) is 1. The first-order chi connectivity index (χ1) is 15.9. The molecular formula is C30H25NS2. The van der Waals surface area contributed by atoms with E-state index in [-0.39, 0.29) is 5.41 Å². The Morgan fingerprint density at radius 2 is 1.58 bits per heavy atom. The summed E-state index contributed by atoms with van der Waals surface area (Å²) >= 11 is 3.71. The van der Waals surface area contributed by atoms with Gasteiger partial charge in [-0.25, -0.2) is 0 Å². The van der Waals surface area contributed by atoms with Crippen molar-refractivity contribution in [3.05, 3.63) is 89.4 Å². The Morgan fingerprint density at radius 3 is 2.42 bits per heavy atom. The molecule has 3 heteroatoms. The van der Waals surface area contributed by atoms with E-state index >= 15 is 0 Å². The molecule has 0 saturated heterocycles. The maximum Gasteiger partial charge on any atom is 0.0880 e. The largest absolute Gasteiger partial charge is 0.255 e. The fraction of sp³-hybridized carbons (Fsp3) is 0.167. The molecule has 3 heterocycles. The van der Waals surface area contributed by atoms with Gasteiger partial charge in [0.15, 0.2) is 0 Å². The molecule has 0 bridgehead atoms. The summed E-state index contributed by atoms with van der Waals surface area (Å²) < 4.78 is 2.61. The summed E-state index contributed by atoms with van der Waals surface area (Å²) in [5.41, 5.74) is 4.98. The second-order valence-electron chi connectivity index (χ2n) is 9.79. The molecule has 0 atom stereocenters. The molecule has 0 aliphatic rings.